The standard InChI is InChI=1S/C35H35ClF2N2O5/c1-20-28(11-9-22(31(20)38)13-14-35(5,6)40-33(43)45-34(2,3)4)39-30(41)19-44-29-12-10-25(36)18-27(29)32(42)24-15-23(21-7-8-21)16-26(37)17-24/h9-12,15-18,21H,7-8,19H2,1-6H3,(H,39,41)(H,40,43). The van der Waals surface area contributed by atoms with E-state index in [2.05, 4.69) is 22.5 Å². The van der Waals surface area contributed by atoms with Crippen molar-refractivity contribution < 1.29 is 32.6 Å². The van der Waals surface area contributed by atoms with E-state index in [0.29, 0.717) is 0 Å². The number of hydrogen-bond donors (Lipinski definition) is 2. The van der Waals surface area contributed by atoms with Crippen molar-refractivity contribution in [1.29, 1.82) is 0 Å². The Hall–Kier alpha value is -4.42. The Bertz CT molecular complexity index is 1720. The van der Waals surface area contributed by atoms with E-state index < -0.39 is 47.2 Å². The van der Waals surface area contributed by atoms with Crippen LogP contribution in [0.25, 0.3) is 0 Å². The van der Waals surface area contributed by atoms with Crippen LogP contribution in [0.4, 0.5) is 19.3 Å². The third-order valence-corrected chi connectivity index (χ3v) is 6.99. The van der Waals surface area contributed by atoms with Gasteiger partial charge in [-0.25, -0.2) is 13.6 Å². The van der Waals surface area contributed by atoms with Gasteiger partial charge in [-0.15, -0.1) is 0 Å². The molecule has 2 amide bonds. The largest absolute Gasteiger partial charge is 0.483 e. The summed E-state index contributed by atoms with van der Waals surface area (Å²) in [6.07, 6.45) is 1.25. The highest BCUT2D eigenvalue weighted by Crippen LogP contribution is 2.41. The van der Waals surface area contributed by atoms with Gasteiger partial charge in [-0.2, -0.15) is 0 Å². The van der Waals surface area contributed by atoms with Gasteiger partial charge in [0, 0.05) is 21.8 Å². The molecule has 4 rings (SSSR count). The zero-order valence-corrected chi connectivity index (χ0v) is 26.7. The third kappa shape index (κ3) is 9.29. The molecule has 7 nitrogen and oxygen atoms in total. The van der Waals surface area contributed by atoms with Gasteiger partial charge in [0.15, 0.2) is 12.4 Å². The Labute approximate surface area is 266 Å². The summed E-state index contributed by atoms with van der Waals surface area (Å²) < 4.78 is 40.4. The Morgan fingerprint density at radius 1 is 1.00 bits per heavy atom. The van der Waals surface area contributed by atoms with Gasteiger partial charge in [0.25, 0.3) is 5.91 Å². The predicted octanol–water partition coefficient (Wildman–Crippen LogP) is 7.71. The molecular formula is C35H35ClF2N2O5. The second-order valence-corrected chi connectivity index (χ2v) is 12.9. The Balaban J connectivity index is 1.43. The summed E-state index contributed by atoms with van der Waals surface area (Å²) in [6.45, 7) is 9.54. The number of carbonyl (C=O) groups excluding carboxylic acids is 3. The van der Waals surface area contributed by atoms with Crippen molar-refractivity contribution >= 4 is 35.1 Å². The molecule has 1 aliphatic carbocycles. The number of ketones is 1. The molecule has 0 heterocycles. The molecule has 0 saturated heterocycles. The maximum Gasteiger partial charge on any atom is 0.408 e. The molecule has 3 aromatic carbocycles. The van der Waals surface area contributed by atoms with Crippen molar-refractivity contribution in [2.75, 3.05) is 11.9 Å². The van der Waals surface area contributed by atoms with Crippen molar-refractivity contribution in [3.63, 3.8) is 0 Å². The second kappa shape index (κ2) is 13.3. The van der Waals surface area contributed by atoms with E-state index in [9.17, 15) is 18.8 Å². The molecule has 1 saturated carbocycles. The van der Waals surface area contributed by atoms with Crippen LogP contribution in [-0.2, 0) is 9.53 Å². The molecule has 2 N–H and O–H groups in total. The summed E-state index contributed by atoms with van der Waals surface area (Å²) >= 11 is 6.15. The smallest absolute Gasteiger partial charge is 0.408 e. The van der Waals surface area contributed by atoms with Crippen LogP contribution >= 0.6 is 11.6 Å². The van der Waals surface area contributed by atoms with Gasteiger partial charge in [-0.1, -0.05) is 23.4 Å². The van der Waals surface area contributed by atoms with E-state index >= 15 is 4.39 Å². The molecule has 1 aliphatic rings. The summed E-state index contributed by atoms with van der Waals surface area (Å²) in [5.41, 5.74) is -0.258. The molecule has 236 valence electrons. The van der Waals surface area contributed by atoms with E-state index in [1.807, 2.05) is 0 Å². The van der Waals surface area contributed by atoms with Crippen molar-refractivity contribution in [3.8, 4) is 17.6 Å². The summed E-state index contributed by atoms with van der Waals surface area (Å²) in [5, 5.41) is 5.52. The lowest BCUT2D eigenvalue weighted by Gasteiger charge is -2.24. The van der Waals surface area contributed by atoms with E-state index in [1.165, 1.54) is 43.3 Å². The minimum absolute atomic E-state index is 0.0762. The number of carbonyl (C=O) groups is 3. The van der Waals surface area contributed by atoms with Crippen molar-refractivity contribution in [3.05, 3.63) is 93.0 Å². The first kappa shape index (κ1) is 33.5. The number of rotatable bonds is 8. The molecule has 1 fully saturated rings. The summed E-state index contributed by atoms with van der Waals surface area (Å²) in [5.74, 6) is 3.67. The fourth-order valence-corrected chi connectivity index (χ4v) is 4.59. The number of amides is 2. The quantitative estimate of drug-likeness (QED) is 0.195. The summed E-state index contributed by atoms with van der Waals surface area (Å²) in [6, 6.07) is 11.6. The highest BCUT2D eigenvalue weighted by molar-refractivity contribution is 6.31. The predicted molar refractivity (Wildman–Crippen MR) is 169 cm³/mol. The molecule has 0 unspecified atom stereocenters. The van der Waals surface area contributed by atoms with Gasteiger partial charge in [0.1, 0.15) is 23.0 Å². The molecule has 10 heteroatoms. The van der Waals surface area contributed by atoms with Gasteiger partial charge in [0.05, 0.1) is 16.7 Å². The van der Waals surface area contributed by atoms with Crippen LogP contribution in [0, 0.1) is 30.4 Å². The van der Waals surface area contributed by atoms with Crippen molar-refractivity contribution in [2.24, 2.45) is 0 Å². The first-order valence-corrected chi connectivity index (χ1v) is 14.8. The molecule has 0 aliphatic heterocycles. The topological polar surface area (TPSA) is 93.7 Å². The molecule has 0 bridgehead atoms. The molecule has 0 aromatic heterocycles. The van der Waals surface area contributed by atoms with Crippen LogP contribution in [0.15, 0.2) is 48.5 Å². The van der Waals surface area contributed by atoms with Crippen molar-refractivity contribution in [2.45, 2.75) is 71.4 Å². The number of anilines is 1. The normalized spacial score (nSPS) is 12.9. The first-order chi connectivity index (χ1) is 21.0. The molecular weight excluding hydrogens is 602 g/mol. The second-order valence-electron chi connectivity index (χ2n) is 12.5. The Morgan fingerprint density at radius 3 is 2.38 bits per heavy atom. The van der Waals surface area contributed by atoms with E-state index in [1.54, 1.807) is 40.7 Å². The average Bonchev–Trinajstić information content (AvgIpc) is 3.78. The highest BCUT2D eigenvalue weighted by Gasteiger charge is 2.26. The minimum Gasteiger partial charge on any atom is -0.483 e. The zero-order valence-electron chi connectivity index (χ0n) is 26.0. The lowest BCUT2D eigenvalue weighted by Crippen LogP contribution is -2.44. The van der Waals surface area contributed by atoms with Crippen LogP contribution in [0.5, 0.6) is 5.75 Å². The van der Waals surface area contributed by atoms with E-state index in [-0.39, 0.29) is 44.6 Å². The Morgan fingerprint density at radius 2 is 1.71 bits per heavy atom. The third-order valence-electron chi connectivity index (χ3n) is 6.76. The Kier molecular flexibility index (Phi) is 9.89. The average molecular weight is 637 g/mol. The molecule has 0 atom stereocenters. The molecule has 3 aromatic rings. The SMILES string of the molecule is Cc1c(NC(=O)COc2ccc(Cl)cc2C(=O)c2cc(F)cc(C3CC3)c2)ccc(C#CC(C)(C)NC(=O)OC(C)(C)C)c1F. The molecule has 0 spiro atoms. The van der Waals surface area contributed by atoms with Gasteiger partial charge in [-0.3, -0.25) is 9.59 Å². The number of alkyl carbamates (subject to hydrolysis) is 1. The maximum atomic E-state index is 15.2. The van der Waals surface area contributed by atoms with Gasteiger partial charge >= 0.3 is 6.09 Å². The number of ether oxygens (including phenoxy) is 2. The fraction of sp³-hybridized carbons (Fsp3) is 0.343. The van der Waals surface area contributed by atoms with Crippen LogP contribution in [0.2, 0.25) is 5.02 Å². The first-order valence-electron chi connectivity index (χ1n) is 14.4. The number of halogens is 3. The molecule has 0 radical (unpaired) electrons. The number of benzene rings is 3. The van der Waals surface area contributed by atoms with Crippen molar-refractivity contribution in [1.82, 2.24) is 5.32 Å². The lowest BCUT2D eigenvalue weighted by atomic mass is 9.99. The van der Waals surface area contributed by atoms with Gasteiger partial charge < -0.3 is 20.1 Å². The van der Waals surface area contributed by atoms with E-state index in [4.69, 9.17) is 21.1 Å². The number of hydrogen-bond acceptors (Lipinski definition) is 5. The minimum atomic E-state index is -1.01. The van der Waals surface area contributed by atoms with Crippen LogP contribution in [-0.4, -0.2) is 35.5 Å². The van der Waals surface area contributed by atoms with Gasteiger partial charge in [-0.05, 0) is 114 Å². The number of nitrogens with one attached hydrogen (secondary N) is 2. The monoisotopic (exact) mass is 636 g/mol. The van der Waals surface area contributed by atoms with E-state index in [0.717, 1.165) is 24.5 Å². The van der Waals surface area contributed by atoms with Crippen LogP contribution in [0.1, 0.15) is 86.0 Å². The summed E-state index contributed by atoms with van der Waals surface area (Å²) in [7, 11) is 0. The maximum absolute atomic E-state index is 15.2. The zero-order chi connectivity index (χ0) is 33.1. The van der Waals surface area contributed by atoms with Gasteiger partial charge in [0.2, 0.25) is 0 Å². The lowest BCUT2D eigenvalue weighted by molar-refractivity contribution is -0.118. The summed E-state index contributed by atoms with van der Waals surface area (Å²) in [4.78, 5) is 38.3. The van der Waals surface area contributed by atoms with Crippen LogP contribution < -0.4 is 15.4 Å². The fourth-order valence-electron chi connectivity index (χ4n) is 4.42. The van der Waals surface area contributed by atoms with Crippen LogP contribution in [0.3, 0.4) is 0 Å². The highest BCUT2D eigenvalue weighted by atomic mass is 35.5. The molecule has 45 heavy (non-hydrogen) atoms.